The van der Waals surface area contributed by atoms with Crippen LogP contribution in [0, 0.1) is 6.92 Å². The molecule has 0 aliphatic heterocycles. The summed E-state index contributed by atoms with van der Waals surface area (Å²) in [6, 6.07) is 16.2. The molecule has 2 N–H and O–H groups in total. The minimum atomic E-state index is -0.603. The number of carbonyl (C=O) groups is 2. The normalized spacial score (nSPS) is 11.4. The molecule has 6 nitrogen and oxygen atoms in total. The second kappa shape index (κ2) is 12.7. The molecule has 0 aliphatic carbocycles. The predicted molar refractivity (Wildman–Crippen MR) is 117 cm³/mol. The highest BCUT2D eigenvalue weighted by molar-refractivity contribution is 7.98. The third-order valence-corrected chi connectivity index (χ3v) is 4.71. The molecule has 0 unspecified atom stereocenters. The number of rotatable bonds is 12. The van der Waals surface area contributed by atoms with E-state index in [1.54, 1.807) is 23.9 Å². The molecule has 0 radical (unpaired) electrons. The van der Waals surface area contributed by atoms with E-state index in [-0.39, 0.29) is 18.4 Å². The zero-order valence-corrected chi connectivity index (χ0v) is 17.7. The van der Waals surface area contributed by atoms with Gasteiger partial charge in [-0.15, -0.1) is 0 Å². The van der Waals surface area contributed by atoms with E-state index in [0.717, 1.165) is 17.1 Å². The minimum Gasteiger partial charge on any atom is -0.492 e. The van der Waals surface area contributed by atoms with Gasteiger partial charge in [-0.25, -0.2) is 0 Å². The molecule has 2 amide bonds. The highest BCUT2D eigenvalue weighted by Crippen LogP contribution is 2.11. The van der Waals surface area contributed by atoms with Crippen LogP contribution in [0.5, 0.6) is 11.5 Å². The average Bonchev–Trinajstić information content (AvgIpc) is 2.74. The first-order valence-electron chi connectivity index (χ1n) is 9.52. The smallest absolute Gasteiger partial charge is 0.258 e. The van der Waals surface area contributed by atoms with Crippen molar-refractivity contribution in [2.24, 2.45) is 0 Å². The molecule has 0 saturated heterocycles. The topological polar surface area (TPSA) is 76.7 Å². The number of ether oxygens (including phenoxy) is 2. The summed E-state index contributed by atoms with van der Waals surface area (Å²) in [7, 11) is 0. The molecule has 2 aromatic rings. The van der Waals surface area contributed by atoms with E-state index in [1.165, 1.54) is 0 Å². The van der Waals surface area contributed by atoms with Crippen molar-refractivity contribution in [2.75, 3.05) is 31.8 Å². The highest BCUT2D eigenvalue weighted by atomic mass is 32.2. The zero-order chi connectivity index (χ0) is 20.9. The molecule has 0 fully saturated rings. The van der Waals surface area contributed by atoms with E-state index >= 15 is 0 Å². The largest absolute Gasteiger partial charge is 0.492 e. The van der Waals surface area contributed by atoms with Gasteiger partial charge >= 0.3 is 0 Å². The van der Waals surface area contributed by atoms with Crippen LogP contribution < -0.4 is 20.1 Å². The van der Waals surface area contributed by atoms with Crippen molar-refractivity contribution < 1.29 is 19.1 Å². The lowest BCUT2D eigenvalue weighted by Crippen LogP contribution is -2.49. The first-order chi connectivity index (χ1) is 14.1. The Kier molecular flexibility index (Phi) is 9.92. The number of thioether (sulfide) groups is 1. The van der Waals surface area contributed by atoms with Gasteiger partial charge in [0.1, 0.15) is 24.1 Å². The lowest BCUT2D eigenvalue weighted by molar-refractivity contribution is -0.130. The minimum absolute atomic E-state index is 0.135. The molecular weight excluding hydrogens is 388 g/mol. The Bertz CT molecular complexity index is 753. The number of amides is 2. The number of nitrogens with one attached hydrogen (secondary N) is 2. The predicted octanol–water partition coefficient (Wildman–Crippen LogP) is 2.81. The molecule has 2 aromatic carbocycles. The van der Waals surface area contributed by atoms with Crippen LogP contribution in [0.15, 0.2) is 54.6 Å². The van der Waals surface area contributed by atoms with Crippen LogP contribution in [0.1, 0.15) is 12.0 Å². The standard InChI is InChI=1S/C22H28N2O4S/c1-17-8-10-19(11-9-17)27-14-13-23-22(26)20(12-15-29-2)24-21(25)16-28-18-6-4-3-5-7-18/h3-11,20H,12-16H2,1-2H3,(H,23,26)(H,24,25)/t20-/m0/s1. The molecular formula is C22H28N2O4S. The summed E-state index contributed by atoms with van der Waals surface area (Å²) < 4.78 is 11.1. The van der Waals surface area contributed by atoms with Crippen LogP contribution in [0.25, 0.3) is 0 Å². The molecule has 0 heterocycles. The van der Waals surface area contributed by atoms with Gasteiger partial charge in [-0.3, -0.25) is 9.59 Å². The van der Waals surface area contributed by atoms with Gasteiger partial charge < -0.3 is 20.1 Å². The third kappa shape index (κ3) is 8.91. The summed E-state index contributed by atoms with van der Waals surface area (Å²) in [6.45, 7) is 2.59. The van der Waals surface area contributed by atoms with E-state index in [2.05, 4.69) is 10.6 Å². The average molecular weight is 417 g/mol. The zero-order valence-electron chi connectivity index (χ0n) is 16.9. The van der Waals surface area contributed by atoms with E-state index in [4.69, 9.17) is 9.47 Å². The molecule has 7 heteroatoms. The van der Waals surface area contributed by atoms with E-state index in [1.807, 2.05) is 55.6 Å². The first kappa shape index (κ1) is 22.6. The highest BCUT2D eigenvalue weighted by Gasteiger charge is 2.20. The Balaban J connectivity index is 1.75. The van der Waals surface area contributed by atoms with Crippen molar-refractivity contribution in [3.63, 3.8) is 0 Å². The van der Waals surface area contributed by atoms with Gasteiger partial charge in [-0.05, 0) is 49.6 Å². The number of para-hydroxylation sites is 1. The van der Waals surface area contributed by atoms with Crippen molar-refractivity contribution >= 4 is 23.6 Å². The SMILES string of the molecule is CSCC[C@H](NC(=O)COc1ccccc1)C(=O)NCCOc1ccc(C)cc1. The number of hydrogen-bond acceptors (Lipinski definition) is 5. The van der Waals surface area contributed by atoms with Gasteiger partial charge in [0.25, 0.3) is 5.91 Å². The van der Waals surface area contributed by atoms with E-state index < -0.39 is 6.04 Å². The monoisotopic (exact) mass is 416 g/mol. The van der Waals surface area contributed by atoms with Crippen molar-refractivity contribution in [2.45, 2.75) is 19.4 Å². The molecule has 156 valence electrons. The van der Waals surface area contributed by atoms with Crippen LogP contribution in [0.2, 0.25) is 0 Å². The fourth-order valence-corrected chi connectivity index (χ4v) is 2.98. The summed E-state index contributed by atoms with van der Waals surface area (Å²) in [5.41, 5.74) is 1.16. The van der Waals surface area contributed by atoms with Gasteiger partial charge in [-0.1, -0.05) is 35.9 Å². The Labute approximate surface area is 176 Å². The maximum absolute atomic E-state index is 12.5. The van der Waals surface area contributed by atoms with Crippen LogP contribution in [-0.4, -0.2) is 49.6 Å². The first-order valence-corrected chi connectivity index (χ1v) is 10.9. The third-order valence-electron chi connectivity index (χ3n) is 4.07. The number of aryl methyl sites for hydroxylation is 1. The second-order valence-corrected chi connectivity index (χ2v) is 7.44. The van der Waals surface area contributed by atoms with Crippen LogP contribution in [0.4, 0.5) is 0 Å². The van der Waals surface area contributed by atoms with E-state index in [9.17, 15) is 9.59 Å². The number of benzene rings is 2. The van der Waals surface area contributed by atoms with Crippen molar-refractivity contribution in [1.29, 1.82) is 0 Å². The fourth-order valence-electron chi connectivity index (χ4n) is 2.51. The lowest BCUT2D eigenvalue weighted by atomic mass is 10.2. The summed E-state index contributed by atoms with van der Waals surface area (Å²) in [4.78, 5) is 24.7. The summed E-state index contributed by atoms with van der Waals surface area (Å²) in [5.74, 6) is 1.58. The molecule has 1 atom stereocenters. The molecule has 0 bridgehead atoms. The van der Waals surface area contributed by atoms with Crippen molar-refractivity contribution in [3.05, 3.63) is 60.2 Å². The molecule has 29 heavy (non-hydrogen) atoms. The van der Waals surface area contributed by atoms with Gasteiger partial charge in [0.05, 0.1) is 6.54 Å². The Morgan fingerprint density at radius 1 is 1.00 bits per heavy atom. The van der Waals surface area contributed by atoms with Crippen molar-refractivity contribution in [3.8, 4) is 11.5 Å². The molecule has 0 aliphatic rings. The second-order valence-electron chi connectivity index (χ2n) is 6.46. The Morgan fingerprint density at radius 3 is 2.38 bits per heavy atom. The quantitative estimate of drug-likeness (QED) is 0.521. The molecule has 0 spiro atoms. The van der Waals surface area contributed by atoms with Crippen LogP contribution in [0.3, 0.4) is 0 Å². The fraction of sp³-hybridized carbons (Fsp3) is 0.364. The van der Waals surface area contributed by atoms with Crippen molar-refractivity contribution in [1.82, 2.24) is 10.6 Å². The van der Waals surface area contributed by atoms with E-state index in [0.29, 0.717) is 25.3 Å². The Hall–Kier alpha value is -2.67. The summed E-state index contributed by atoms with van der Waals surface area (Å²) in [5, 5.41) is 5.58. The van der Waals surface area contributed by atoms with Crippen LogP contribution in [-0.2, 0) is 9.59 Å². The molecule has 0 aromatic heterocycles. The van der Waals surface area contributed by atoms with Gasteiger partial charge in [0.15, 0.2) is 6.61 Å². The maximum Gasteiger partial charge on any atom is 0.258 e. The summed E-state index contributed by atoms with van der Waals surface area (Å²) >= 11 is 1.62. The van der Waals surface area contributed by atoms with Gasteiger partial charge in [0, 0.05) is 0 Å². The lowest BCUT2D eigenvalue weighted by Gasteiger charge is -2.18. The maximum atomic E-state index is 12.5. The van der Waals surface area contributed by atoms with Crippen LogP contribution >= 0.6 is 11.8 Å². The van der Waals surface area contributed by atoms with Gasteiger partial charge in [0.2, 0.25) is 5.91 Å². The number of hydrogen-bond donors (Lipinski definition) is 2. The molecule has 2 rings (SSSR count). The summed E-state index contributed by atoms with van der Waals surface area (Å²) in [6.07, 6.45) is 2.51. The van der Waals surface area contributed by atoms with Gasteiger partial charge in [-0.2, -0.15) is 11.8 Å². The molecule has 0 saturated carbocycles. The Morgan fingerprint density at radius 2 is 1.69 bits per heavy atom. The number of carbonyl (C=O) groups excluding carboxylic acids is 2.